The Morgan fingerprint density at radius 2 is 1.50 bits per heavy atom. The first kappa shape index (κ1) is 12.6. The van der Waals surface area contributed by atoms with Gasteiger partial charge in [0.1, 0.15) is 5.69 Å². The smallest absolute Gasteiger partial charge is 0.153 e. The molecule has 2 aromatic carbocycles. The second-order valence-corrected chi connectivity index (χ2v) is 4.43. The van der Waals surface area contributed by atoms with Gasteiger partial charge in [-0.1, -0.05) is 42.5 Å². The Hall–Kier alpha value is -2.46. The lowest BCUT2D eigenvalue weighted by Gasteiger charge is -2.11. The second-order valence-electron chi connectivity index (χ2n) is 4.43. The number of rotatable bonds is 4. The number of fused-ring (bicyclic) bond motifs is 1. The van der Waals surface area contributed by atoms with E-state index in [0.29, 0.717) is 12.4 Å². The van der Waals surface area contributed by atoms with Crippen LogP contribution in [0.4, 0.5) is 5.82 Å². The summed E-state index contributed by atoms with van der Waals surface area (Å²) >= 11 is 0. The monoisotopic (exact) mass is 265 g/mol. The van der Waals surface area contributed by atoms with Gasteiger partial charge in [0.2, 0.25) is 0 Å². The Labute approximate surface area is 117 Å². The highest BCUT2D eigenvalue weighted by atomic mass is 16.3. The molecule has 100 valence electrons. The summed E-state index contributed by atoms with van der Waals surface area (Å²) in [5.74, 6) is 0.698. The van der Waals surface area contributed by atoms with Crippen LogP contribution in [-0.2, 0) is 0 Å². The molecule has 0 aliphatic rings. The second kappa shape index (κ2) is 5.67. The first-order valence-corrected chi connectivity index (χ1v) is 6.55. The fourth-order valence-electron chi connectivity index (χ4n) is 2.09. The van der Waals surface area contributed by atoms with Crippen molar-refractivity contribution in [1.82, 2.24) is 9.97 Å². The van der Waals surface area contributed by atoms with Gasteiger partial charge in [-0.2, -0.15) is 0 Å². The molecule has 0 aliphatic carbocycles. The number of aliphatic hydroxyl groups excluding tert-OH is 1. The van der Waals surface area contributed by atoms with E-state index < -0.39 is 0 Å². The lowest BCUT2D eigenvalue weighted by molar-refractivity contribution is 0.311. The number of nitrogens with zero attached hydrogens (tertiary/aromatic N) is 2. The number of aromatic nitrogens is 2. The van der Waals surface area contributed by atoms with E-state index in [1.165, 1.54) is 0 Å². The normalized spacial score (nSPS) is 10.7. The van der Waals surface area contributed by atoms with Crippen LogP contribution >= 0.6 is 0 Å². The largest absolute Gasteiger partial charge is 0.395 e. The van der Waals surface area contributed by atoms with E-state index in [2.05, 4.69) is 10.3 Å². The maximum Gasteiger partial charge on any atom is 0.153 e. The van der Waals surface area contributed by atoms with Crippen LogP contribution in [0.15, 0.2) is 54.6 Å². The third-order valence-corrected chi connectivity index (χ3v) is 3.02. The molecule has 2 N–H and O–H groups in total. The van der Waals surface area contributed by atoms with Gasteiger partial charge in [-0.05, 0) is 12.1 Å². The van der Waals surface area contributed by atoms with Crippen LogP contribution in [0.5, 0.6) is 0 Å². The zero-order valence-electron chi connectivity index (χ0n) is 11.0. The van der Waals surface area contributed by atoms with Crippen molar-refractivity contribution in [2.45, 2.75) is 0 Å². The van der Waals surface area contributed by atoms with Crippen molar-refractivity contribution in [2.24, 2.45) is 0 Å². The topological polar surface area (TPSA) is 58.0 Å². The Bertz CT molecular complexity index is 713. The molecule has 0 amide bonds. The first-order chi connectivity index (χ1) is 9.88. The number of nitrogens with one attached hydrogen (secondary N) is 1. The molecule has 20 heavy (non-hydrogen) atoms. The Kier molecular flexibility index (Phi) is 3.56. The van der Waals surface area contributed by atoms with Gasteiger partial charge in [-0.25, -0.2) is 9.97 Å². The van der Waals surface area contributed by atoms with Crippen LogP contribution in [0.1, 0.15) is 0 Å². The van der Waals surface area contributed by atoms with Gasteiger partial charge >= 0.3 is 0 Å². The zero-order chi connectivity index (χ0) is 13.8. The molecule has 1 heterocycles. The molecule has 1 aromatic heterocycles. The molecule has 0 unspecified atom stereocenters. The summed E-state index contributed by atoms with van der Waals surface area (Å²) in [5.41, 5.74) is 3.51. The van der Waals surface area contributed by atoms with Crippen molar-refractivity contribution in [3.8, 4) is 11.3 Å². The van der Waals surface area contributed by atoms with Crippen molar-refractivity contribution in [2.75, 3.05) is 18.5 Å². The molecule has 3 rings (SSSR count). The summed E-state index contributed by atoms with van der Waals surface area (Å²) in [5, 5.41) is 12.1. The number of hydrogen-bond acceptors (Lipinski definition) is 4. The highest BCUT2D eigenvalue weighted by Crippen LogP contribution is 2.26. The minimum atomic E-state index is 0.0583. The highest BCUT2D eigenvalue weighted by Gasteiger charge is 2.10. The highest BCUT2D eigenvalue weighted by molar-refractivity contribution is 5.83. The summed E-state index contributed by atoms with van der Waals surface area (Å²) in [6, 6.07) is 17.7. The van der Waals surface area contributed by atoms with Crippen molar-refractivity contribution < 1.29 is 5.11 Å². The molecule has 3 aromatic rings. The van der Waals surface area contributed by atoms with Crippen LogP contribution < -0.4 is 5.32 Å². The van der Waals surface area contributed by atoms with E-state index in [4.69, 9.17) is 10.1 Å². The Morgan fingerprint density at radius 3 is 2.20 bits per heavy atom. The van der Waals surface area contributed by atoms with Crippen molar-refractivity contribution in [1.29, 1.82) is 0 Å². The lowest BCUT2D eigenvalue weighted by Crippen LogP contribution is -2.09. The third-order valence-electron chi connectivity index (χ3n) is 3.02. The predicted octanol–water partition coefficient (Wildman–Crippen LogP) is 2.70. The molecule has 0 spiro atoms. The SMILES string of the molecule is OCCNc1nc2ccccc2nc1-c1ccccc1. The first-order valence-electron chi connectivity index (χ1n) is 6.55. The van der Waals surface area contributed by atoms with Gasteiger partial charge in [0, 0.05) is 12.1 Å². The fourth-order valence-corrected chi connectivity index (χ4v) is 2.09. The summed E-state index contributed by atoms with van der Waals surface area (Å²) < 4.78 is 0. The third kappa shape index (κ3) is 2.46. The quantitative estimate of drug-likeness (QED) is 0.761. The lowest BCUT2D eigenvalue weighted by atomic mass is 10.1. The van der Waals surface area contributed by atoms with Crippen LogP contribution in [0.3, 0.4) is 0 Å². The number of hydrogen-bond donors (Lipinski definition) is 2. The fraction of sp³-hybridized carbons (Fsp3) is 0.125. The van der Waals surface area contributed by atoms with E-state index >= 15 is 0 Å². The average molecular weight is 265 g/mol. The molecule has 4 nitrogen and oxygen atoms in total. The summed E-state index contributed by atoms with van der Waals surface area (Å²) in [6.07, 6.45) is 0. The average Bonchev–Trinajstić information content (AvgIpc) is 2.53. The minimum absolute atomic E-state index is 0.0583. The molecular weight excluding hydrogens is 250 g/mol. The molecule has 0 radical (unpaired) electrons. The van der Waals surface area contributed by atoms with Crippen molar-refractivity contribution in [3.05, 3.63) is 54.6 Å². The standard InChI is InChI=1S/C16H15N3O/c20-11-10-17-16-15(12-6-2-1-3-7-12)18-13-8-4-5-9-14(13)19-16/h1-9,20H,10-11H2,(H,17,19). The number of benzene rings is 2. The number of aliphatic hydroxyl groups is 1. The zero-order valence-corrected chi connectivity index (χ0v) is 11.0. The van der Waals surface area contributed by atoms with Gasteiger partial charge in [0.05, 0.1) is 17.6 Å². The van der Waals surface area contributed by atoms with E-state index in [0.717, 1.165) is 22.3 Å². The molecule has 0 saturated carbocycles. The van der Waals surface area contributed by atoms with Gasteiger partial charge in [0.15, 0.2) is 5.82 Å². The van der Waals surface area contributed by atoms with E-state index in [-0.39, 0.29) is 6.61 Å². The van der Waals surface area contributed by atoms with Gasteiger partial charge in [-0.3, -0.25) is 0 Å². The Morgan fingerprint density at radius 1 is 0.850 bits per heavy atom. The molecule has 0 fully saturated rings. The molecule has 0 saturated heterocycles. The van der Waals surface area contributed by atoms with Crippen LogP contribution in [0, 0.1) is 0 Å². The maximum atomic E-state index is 8.99. The molecule has 0 atom stereocenters. The number of anilines is 1. The number of para-hydroxylation sites is 2. The summed E-state index contributed by atoms with van der Waals surface area (Å²) in [6.45, 7) is 0.510. The van der Waals surface area contributed by atoms with Gasteiger partial charge in [0.25, 0.3) is 0 Å². The minimum Gasteiger partial charge on any atom is -0.395 e. The predicted molar refractivity (Wildman–Crippen MR) is 80.5 cm³/mol. The van der Waals surface area contributed by atoms with Crippen molar-refractivity contribution >= 4 is 16.9 Å². The van der Waals surface area contributed by atoms with E-state index in [9.17, 15) is 0 Å². The van der Waals surface area contributed by atoms with E-state index in [1.54, 1.807) is 0 Å². The Balaban J connectivity index is 2.16. The van der Waals surface area contributed by atoms with E-state index in [1.807, 2.05) is 54.6 Å². The maximum absolute atomic E-state index is 8.99. The summed E-state index contributed by atoms with van der Waals surface area (Å²) in [4.78, 5) is 9.30. The van der Waals surface area contributed by atoms with Crippen molar-refractivity contribution in [3.63, 3.8) is 0 Å². The van der Waals surface area contributed by atoms with Crippen LogP contribution in [-0.4, -0.2) is 28.2 Å². The van der Waals surface area contributed by atoms with Gasteiger partial charge < -0.3 is 10.4 Å². The molecule has 0 aliphatic heterocycles. The molecule has 4 heteroatoms. The molecular formula is C16H15N3O. The molecule has 0 bridgehead atoms. The van der Waals surface area contributed by atoms with Crippen LogP contribution in [0.25, 0.3) is 22.3 Å². The summed E-state index contributed by atoms with van der Waals surface area (Å²) in [7, 11) is 0. The van der Waals surface area contributed by atoms with Crippen LogP contribution in [0.2, 0.25) is 0 Å². The van der Waals surface area contributed by atoms with Gasteiger partial charge in [-0.15, -0.1) is 0 Å².